The Hall–Kier alpha value is -2.26. The number of carbonyl (C=O) groups excluding carboxylic acids is 1. The van der Waals surface area contributed by atoms with E-state index in [1.54, 1.807) is 11.8 Å². The highest BCUT2D eigenvalue weighted by atomic mass is 32.2. The lowest BCUT2D eigenvalue weighted by Gasteiger charge is -2.04. The van der Waals surface area contributed by atoms with E-state index in [4.69, 9.17) is 0 Å². The Morgan fingerprint density at radius 1 is 0.952 bits per heavy atom. The molecule has 1 heterocycles. The fourth-order valence-electron chi connectivity index (χ4n) is 2.36. The highest BCUT2D eigenvalue weighted by Gasteiger charge is 2.18. The van der Waals surface area contributed by atoms with Gasteiger partial charge >= 0.3 is 0 Å². The maximum atomic E-state index is 12.6. The van der Waals surface area contributed by atoms with Gasteiger partial charge in [0.05, 0.1) is 11.3 Å². The average molecular weight is 293 g/mol. The zero-order chi connectivity index (χ0) is 14.7. The Labute approximate surface area is 128 Å². The molecule has 3 rings (SSSR count). The van der Waals surface area contributed by atoms with Crippen LogP contribution in [-0.2, 0) is 0 Å². The quantitative estimate of drug-likeness (QED) is 0.561. The summed E-state index contributed by atoms with van der Waals surface area (Å²) in [5, 5.41) is 0. The minimum absolute atomic E-state index is 0.0541. The smallest absolute Gasteiger partial charge is 0.195 e. The van der Waals surface area contributed by atoms with E-state index in [1.807, 2.05) is 73.1 Å². The molecule has 0 fully saturated rings. The molecule has 104 valence electrons. The molecule has 21 heavy (non-hydrogen) atoms. The topological polar surface area (TPSA) is 32.9 Å². The number of ketones is 1. The lowest BCUT2D eigenvalue weighted by molar-refractivity contribution is 0.103. The summed E-state index contributed by atoms with van der Waals surface area (Å²) in [5.74, 6) is 0.0541. The molecule has 0 radical (unpaired) electrons. The van der Waals surface area contributed by atoms with Gasteiger partial charge in [-0.1, -0.05) is 60.7 Å². The molecule has 0 saturated carbocycles. The maximum absolute atomic E-state index is 12.6. The van der Waals surface area contributed by atoms with Crippen LogP contribution in [0.3, 0.4) is 0 Å². The minimum Gasteiger partial charge on any atom is -0.359 e. The first-order valence-electron chi connectivity index (χ1n) is 6.72. The molecule has 0 aliphatic carbocycles. The number of thioether (sulfide) groups is 1. The maximum Gasteiger partial charge on any atom is 0.195 e. The van der Waals surface area contributed by atoms with Crippen molar-refractivity contribution in [2.24, 2.45) is 0 Å². The summed E-state index contributed by atoms with van der Waals surface area (Å²) in [7, 11) is 0. The van der Waals surface area contributed by atoms with Crippen LogP contribution in [0.4, 0.5) is 0 Å². The third kappa shape index (κ3) is 2.65. The molecule has 3 heteroatoms. The molecule has 0 aliphatic rings. The fraction of sp³-hybridized carbons (Fsp3) is 0.0556. The van der Waals surface area contributed by atoms with Gasteiger partial charge < -0.3 is 4.98 Å². The molecule has 0 amide bonds. The van der Waals surface area contributed by atoms with E-state index in [-0.39, 0.29) is 5.78 Å². The molecular formula is C18H15NOS. The highest BCUT2D eigenvalue weighted by molar-refractivity contribution is 7.98. The lowest BCUT2D eigenvalue weighted by atomic mass is 10.0. The number of H-pyrrole nitrogens is 1. The largest absolute Gasteiger partial charge is 0.359 e. The van der Waals surface area contributed by atoms with Crippen molar-refractivity contribution in [3.05, 3.63) is 78.0 Å². The number of hydrogen-bond donors (Lipinski definition) is 1. The minimum atomic E-state index is 0.0541. The fourth-order valence-corrected chi connectivity index (χ4v) is 3.11. The van der Waals surface area contributed by atoms with E-state index in [0.717, 1.165) is 21.7 Å². The summed E-state index contributed by atoms with van der Waals surface area (Å²) in [4.78, 5) is 16.9. The predicted octanol–water partition coefficient (Wildman–Crippen LogP) is 4.63. The number of hydrogen-bond acceptors (Lipinski definition) is 2. The van der Waals surface area contributed by atoms with Crippen LogP contribution >= 0.6 is 11.8 Å². The second-order valence-corrected chi connectivity index (χ2v) is 5.49. The average Bonchev–Trinajstić information content (AvgIpc) is 2.99. The zero-order valence-corrected chi connectivity index (χ0v) is 12.5. The molecule has 3 aromatic rings. The SMILES string of the molecule is CSc1c(C(=O)c2ccccc2)c[nH]c1-c1ccccc1. The standard InChI is InChI=1S/C18H15NOS/c1-21-18-15(17(20)14-10-6-3-7-11-14)12-19-16(18)13-8-4-2-5-9-13/h2-12,19H,1H3. The van der Waals surface area contributed by atoms with Crippen molar-refractivity contribution in [3.63, 3.8) is 0 Å². The number of rotatable bonds is 4. The van der Waals surface area contributed by atoms with Gasteiger partial charge in [0, 0.05) is 16.7 Å². The van der Waals surface area contributed by atoms with Gasteiger partial charge in [-0.2, -0.15) is 0 Å². The number of benzene rings is 2. The number of aromatic nitrogens is 1. The second kappa shape index (κ2) is 6.02. The van der Waals surface area contributed by atoms with Gasteiger partial charge in [0.25, 0.3) is 0 Å². The van der Waals surface area contributed by atoms with Gasteiger partial charge in [0.2, 0.25) is 0 Å². The van der Waals surface area contributed by atoms with Crippen molar-refractivity contribution >= 4 is 17.5 Å². The third-order valence-electron chi connectivity index (χ3n) is 3.38. The van der Waals surface area contributed by atoms with Crippen molar-refractivity contribution in [2.45, 2.75) is 4.90 Å². The van der Waals surface area contributed by atoms with Crippen molar-refractivity contribution < 1.29 is 4.79 Å². The molecule has 1 aromatic heterocycles. The first-order valence-corrected chi connectivity index (χ1v) is 7.94. The van der Waals surface area contributed by atoms with Gasteiger partial charge in [-0.3, -0.25) is 4.79 Å². The highest BCUT2D eigenvalue weighted by Crippen LogP contribution is 2.33. The molecule has 0 atom stereocenters. The summed E-state index contributed by atoms with van der Waals surface area (Å²) in [6.45, 7) is 0. The summed E-state index contributed by atoms with van der Waals surface area (Å²) in [6, 6.07) is 19.5. The van der Waals surface area contributed by atoms with Crippen LogP contribution in [0.2, 0.25) is 0 Å². The summed E-state index contributed by atoms with van der Waals surface area (Å²) < 4.78 is 0. The van der Waals surface area contributed by atoms with E-state index in [9.17, 15) is 4.79 Å². The van der Waals surface area contributed by atoms with Gasteiger partial charge in [-0.25, -0.2) is 0 Å². The Morgan fingerprint density at radius 2 is 1.57 bits per heavy atom. The Morgan fingerprint density at radius 3 is 2.19 bits per heavy atom. The molecule has 0 bridgehead atoms. The van der Waals surface area contributed by atoms with Crippen molar-refractivity contribution in [2.75, 3.05) is 6.26 Å². The Kier molecular flexibility index (Phi) is 3.93. The lowest BCUT2D eigenvalue weighted by Crippen LogP contribution is -2.00. The van der Waals surface area contributed by atoms with E-state index in [0.29, 0.717) is 5.56 Å². The number of aromatic amines is 1. The third-order valence-corrected chi connectivity index (χ3v) is 4.21. The van der Waals surface area contributed by atoms with Crippen LogP contribution in [-0.4, -0.2) is 17.0 Å². The molecule has 0 saturated heterocycles. The second-order valence-electron chi connectivity index (χ2n) is 4.67. The summed E-state index contributed by atoms with van der Waals surface area (Å²) in [5.41, 5.74) is 3.54. The summed E-state index contributed by atoms with van der Waals surface area (Å²) in [6.07, 6.45) is 3.81. The van der Waals surface area contributed by atoms with Crippen LogP contribution in [0.1, 0.15) is 15.9 Å². The van der Waals surface area contributed by atoms with Gasteiger partial charge in [0.15, 0.2) is 5.78 Å². The first kappa shape index (κ1) is 13.7. The van der Waals surface area contributed by atoms with Gasteiger partial charge in [-0.05, 0) is 11.8 Å². The molecule has 0 spiro atoms. The molecule has 2 aromatic carbocycles. The molecule has 2 nitrogen and oxygen atoms in total. The first-order chi connectivity index (χ1) is 10.3. The van der Waals surface area contributed by atoms with E-state index in [1.165, 1.54) is 0 Å². The van der Waals surface area contributed by atoms with Gasteiger partial charge in [0.1, 0.15) is 0 Å². The molecular weight excluding hydrogens is 278 g/mol. The Balaban J connectivity index is 2.06. The number of carbonyl (C=O) groups is 1. The van der Waals surface area contributed by atoms with Crippen LogP contribution in [0.15, 0.2) is 71.8 Å². The summed E-state index contributed by atoms with van der Waals surface area (Å²) >= 11 is 1.59. The van der Waals surface area contributed by atoms with Gasteiger partial charge in [-0.15, -0.1) is 11.8 Å². The normalized spacial score (nSPS) is 10.5. The van der Waals surface area contributed by atoms with E-state index >= 15 is 0 Å². The van der Waals surface area contributed by atoms with Crippen LogP contribution < -0.4 is 0 Å². The monoisotopic (exact) mass is 293 g/mol. The molecule has 0 unspecified atom stereocenters. The van der Waals surface area contributed by atoms with E-state index in [2.05, 4.69) is 4.98 Å². The van der Waals surface area contributed by atoms with Crippen molar-refractivity contribution in [1.29, 1.82) is 0 Å². The van der Waals surface area contributed by atoms with Crippen molar-refractivity contribution in [1.82, 2.24) is 4.98 Å². The zero-order valence-electron chi connectivity index (χ0n) is 11.7. The van der Waals surface area contributed by atoms with Crippen LogP contribution in [0.5, 0.6) is 0 Å². The van der Waals surface area contributed by atoms with Crippen molar-refractivity contribution in [3.8, 4) is 11.3 Å². The predicted molar refractivity (Wildman–Crippen MR) is 87.9 cm³/mol. The Bertz CT molecular complexity index is 747. The number of nitrogens with one attached hydrogen (secondary N) is 1. The van der Waals surface area contributed by atoms with Crippen LogP contribution in [0.25, 0.3) is 11.3 Å². The molecule has 0 aliphatic heterocycles. The molecule has 1 N–H and O–H groups in total. The van der Waals surface area contributed by atoms with Crippen LogP contribution in [0, 0.1) is 0 Å². The van der Waals surface area contributed by atoms with E-state index < -0.39 is 0 Å².